The van der Waals surface area contributed by atoms with E-state index in [1.807, 2.05) is 68.4 Å². The molecule has 0 radical (unpaired) electrons. The van der Waals surface area contributed by atoms with E-state index in [2.05, 4.69) is 0 Å². The lowest BCUT2D eigenvalue weighted by Gasteiger charge is -2.25. The third-order valence-corrected chi connectivity index (χ3v) is 6.03. The van der Waals surface area contributed by atoms with Gasteiger partial charge in [-0.25, -0.2) is 0 Å². The minimum atomic E-state index is -0.540. The number of hydrogen-bond acceptors (Lipinski definition) is 3. The lowest BCUT2D eigenvalue weighted by molar-refractivity contribution is 0.0714. The van der Waals surface area contributed by atoms with Gasteiger partial charge in [0.1, 0.15) is 5.58 Å². The second-order valence-electron chi connectivity index (χ2n) is 8.01. The Kier molecular flexibility index (Phi) is 4.67. The molecule has 154 valence electrons. The highest BCUT2D eigenvalue weighted by Gasteiger charge is 2.42. The van der Waals surface area contributed by atoms with Crippen LogP contribution in [0.25, 0.3) is 11.0 Å². The molecule has 1 aliphatic heterocycles. The van der Waals surface area contributed by atoms with Gasteiger partial charge in [0.15, 0.2) is 5.43 Å². The molecule has 5 heteroatoms. The number of halogens is 1. The molecule has 31 heavy (non-hydrogen) atoms. The van der Waals surface area contributed by atoms with Crippen LogP contribution in [-0.2, 0) is 6.54 Å². The van der Waals surface area contributed by atoms with Gasteiger partial charge in [0.25, 0.3) is 5.91 Å². The number of hydrogen-bond donors (Lipinski definition) is 0. The van der Waals surface area contributed by atoms with Gasteiger partial charge in [0.2, 0.25) is 5.76 Å². The zero-order chi connectivity index (χ0) is 21.7. The lowest BCUT2D eigenvalue weighted by Crippen LogP contribution is -2.29. The van der Waals surface area contributed by atoms with Crippen LogP contribution in [0.5, 0.6) is 0 Å². The number of amides is 1. The van der Waals surface area contributed by atoms with E-state index >= 15 is 0 Å². The standard InChI is InChI=1S/C26H20ClNO3/c1-15-12-16(2)24-20(13-15)23(29)21-22(18-8-10-19(27)11-9-18)28(26(30)25(21)31-24)14-17-6-4-3-5-7-17/h3-13,22H,14H2,1-2H3. The molecule has 5 rings (SSSR count). The van der Waals surface area contributed by atoms with E-state index in [4.69, 9.17) is 16.0 Å². The summed E-state index contributed by atoms with van der Waals surface area (Å²) in [5.41, 5.74) is 4.32. The van der Waals surface area contributed by atoms with E-state index in [1.54, 1.807) is 17.0 Å². The smallest absolute Gasteiger partial charge is 0.291 e. The van der Waals surface area contributed by atoms with Gasteiger partial charge < -0.3 is 9.32 Å². The number of benzene rings is 3. The van der Waals surface area contributed by atoms with Gasteiger partial charge in [-0.05, 0) is 54.3 Å². The summed E-state index contributed by atoms with van der Waals surface area (Å²) >= 11 is 6.10. The molecule has 1 aromatic heterocycles. The minimum absolute atomic E-state index is 0.125. The third-order valence-electron chi connectivity index (χ3n) is 5.78. The van der Waals surface area contributed by atoms with Crippen molar-refractivity contribution in [3.8, 4) is 0 Å². The number of carbonyl (C=O) groups is 1. The maximum atomic E-state index is 13.7. The Bertz CT molecular complexity index is 1370. The molecule has 1 atom stereocenters. The van der Waals surface area contributed by atoms with E-state index in [9.17, 15) is 9.59 Å². The van der Waals surface area contributed by atoms with Crippen LogP contribution in [0.15, 0.2) is 75.9 Å². The van der Waals surface area contributed by atoms with Crippen LogP contribution >= 0.6 is 11.6 Å². The van der Waals surface area contributed by atoms with Crippen LogP contribution in [0.1, 0.15) is 44.4 Å². The summed E-state index contributed by atoms with van der Waals surface area (Å²) in [6.07, 6.45) is 0. The van der Waals surface area contributed by atoms with Gasteiger partial charge in [-0.3, -0.25) is 9.59 Å². The Morgan fingerprint density at radius 2 is 1.68 bits per heavy atom. The fraction of sp³-hybridized carbons (Fsp3) is 0.154. The Morgan fingerprint density at radius 3 is 2.39 bits per heavy atom. The molecular weight excluding hydrogens is 410 g/mol. The number of aryl methyl sites for hydroxylation is 2. The molecule has 0 saturated carbocycles. The normalized spacial score (nSPS) is 15.5. The van der Waals surface area contributed by atoms with Crippen LogP contribution in [-0.4, -0.2) is 10.8 Å². The summed E-state index contributed by atoms with van der Waals surface area (Å²) in [5.74, 6) is -0.155. The summed E-state index contributed by atoms with van der Waals surface area (Å²) in [6, 6.07) is 20.3. The van der Waals surface area contributed by atoms with Crippen molar-refractivity contribution in [1.82, 2.24) is 4.90 Å². The van der Waals surface area contributed by atoms with Gasteiger partial charge in [0.05, 0.1) is 17.0 Å². The van der Waals surface area contributed by atoms with Crippen molar-refractivity contribution in [2.45, 2.75) is 26.4 Å². The number of carbonyl (C=O) groups excluding carboxylic acids is 1. The average molecular weight is 430 g/mol. The van der Waals surface area contributed by atoms with Crippen molar-refractivity contribution < 1.29 is 9.21 Å². The minimum Gasteiger partial charge on any atom is -0.450 e. The lowest BCUT2D eigenvalue weighted by atomic mass is 9.97. The Hall–Kier alpha value is -3.37. The predicted molar refractivity (Wildman–Crippen MR) is 122 cm³/mol. The summed E-state index contributed by atoms with van der Waals surface area (Å²) in [6.45, 7) is 4.20. The highest BCUT2D eigenvalue weighted by Crippen LogP contribution is 2.39. The summed E-state index contributed by atoms with van der Waals surface area (Å²) in [7, 11) is 0. The Labute approximate surface area is 184 Å². The molecule has 0 aliphatic carbocycles. The first-order valence-corrected chi connectivity index (χ1v) is 10.5. The van der Waals surface area contributed by atoms with Crippen molar-refractivity contribution >= 4 is 28.5 Å². The molecule has 1 unspecified atom stereocenters. The third kappa shape index (κ3) is 3.24. The first-order valence-electron chi connectivity index (χ1n) is 10.1. The second kappa shape index (κ2) is 7.40. The van der Waals surface area contributed by atoms with Gasteiger partial charge in [0, 0.05) is 11.6 Å². The highest BCUT2D eigenvalue weighted by molar-refractivity contribution is 6.30. The molecule has 1 aliphatic rings. The van der Waals surface area contributed by atoms with Crippen LogP contribution in [0, 0.1) is 13.8 Å². The zero-order valence-electron chi connectivity index (χ0n) is 17.2. The number of fused-ring (bicyclic) bond motifs is 2. The molecule has 0 saturated heterocycles. The Balaban J connectivity index is 1.76. The molecule has 4 aromatic rings. The van der Waals surface area contributed by atoms with Crippen molar-refractivity contribution in [2.75, 3.05) is 0 Å². The maximum Gasteiger partial charge on any atom is 0.291 e. The summed E-state index contributed by atoms with van der Waals surface area (Å²) in [4.78, 5) is 28.9. The first kappa shape index (κ1) is 19.6. The fourth-order valence-electron chi connectivity index (χ4n) is 4.41. The predicted octanol–water partition coefficient (Wildman–Crippen LogP) is 5.81. The van der Waals surface area contributed by atoms with E-state index in [1.165, 1.54) is 0 Å². The molecule has 0 N–H and O–H groups in total. The van der Waals surface area contributed by atoms with E-state index < -0.39 is 6.04 Å². The fourth-order valence-corrected chi connectivity index (χ4v) is 4.54. The highest BCUT2D eigenvalue weighted by atomic mass is 35.5. The SMILES string of the molecule is Cc1cc(C)c2oc3c(c(=O)c2c1)C(c1ccc(Cl)cc1)N(Cc1ccccc1)C3=O. The number of nitrogens with zero attached hydrogens (tertiary/aromatic N) is 1. The molecule has 0 fully saturated rings. The van der Waals surface area contributed by atoms with Crippen molar-refractivity contribution in [3.05, 3.63) is 116 Å². The zero-order valence-corrected chi connectivity index (χ0v) is 17.9. The molecule has 2 heterocycles. The van der Waals surface area contributed by atoms with Crippen LogP contribution in [0.2, 0.25) is 5.02 Å². The summed E-state index contributed by atoms with van der Waals surface area (Å²) in [5, 5.41) is 1.10. The van der Waals surface area contributed by atoms with E-state index in [0.29, 0.717) is 28.1 Å². The van der Waals surface area contributed by atoms with Gasteiger partial charge in [-0.1, -0.05) is 60.1 Å². The van der Waals surface area contributed by atoms with Crippen molar-refractivity contribution in [3.63, 3.8) is 0 Å². The van der Waals surface area contributed by atoms with Crippen molar-refractivity contribution in [2.24, 2.45) is 0 Å². The molecular formula is C26H20ClNO3. The van der Waals surface area contributed by atoms with Gasteiger partial charge >= 0.3 is 0 Å². The van der Waals surface area contributed by atoms with Gasteiger partial charge in [-0.2, -0.15) is 0 Å². The van der Waals surface area contributed by atoms with Crippen LogP contribution < -0.4 is 5.43 Å². The molecule has 1 amide bonds. The molecule has 0 spiro atoms. The van der Waals surface area contributed by atoms with Crippen molar-refractivity contribution in [1.29, 1.82) is 0 Å². The monoisotopic (exact) mass is 429 g/mol. The first-order chi connectivity index (χ1) is 14.9. The molecule has 0 bridgehead atoms. The Morgan fingerprint density at radius 1 is 0.968 bits per heavy atom. The number of rotatable bonds is 3. The van der Waals surface area contributed by atoms with E-state index in [0.717, 1.165) is 22.3 Å². The quantitative estimate of drug-likeness (QED) is 0.413. The van der Waals surface area contributed by atoms with Crippen LogP contribution in [0.3, 0.4) is 0 Å². The average Bonchev–Trinajstić information content (AvgIpc) is 3.03. The van der Waals surface area contributed by atoms with Gasteiger partial charge in [-0.15, -0.1) is 0 Å². The van der Waals surface area contributed by atoms with E-state index in [-0.39, 0.29) is 17.1 Å². The topological polar surface area (TPSA) is 50.5 Å². The second-order valence-corrected chi connectivity index (χ2v) is 8.44. The summed E-state index contributed by atoms with van der Waals surface area (Å²) < 4.78 is 6.11. The maximum absolute atomic E-state index is 13.7. The molecule has 3 aromatic carbocycles. The largest absolute Gasteiger partial charge is 0.450 e. The van der Waals surface area contributed by atoms with Crippen LogP contribution in [0.4, 0.5) is 0 Å². The molecule has 4 nitrogen and oxygen atoms in total.